The zero-order valence-corrected chi connectivity index (χ0v) is 20.1. The van der Waals surface area contributed by atoms with Gasteiger partial charge in [0.1, 0.15) is 17.5 Å². The molecule has 1 unspecified atom stereocenters. The first-order valence-electron chi connectivity index (χ1n) is 11.5. The minimum absolute atomic E-state index is 0.0667. The Hall–Kier alpha value is -3.74. The van der Waals surface area contributed by atoms with Crippen molar-refractivity contribution in [2.75, 3.05) is 27.3 Å². The molecule has 1 aliphatic rings. The molecule has 0 fully saturated rings. The molecular weight excluding hydrogens is 430 g/mol. The maximum atomic E-state index is 13.4. The van der Waals surface area contributed by atoms with Crippen LogP contribution in [0.5, 0.6) is 11.5 Å². The number of methoxy groups -OCH3 is 2. The first kappa shape index (κ1) is 23.4. The summed E-state index contributed by atoms with van der Waals surface area (Å²) >= 11 is 0. The highest BCUT2D eigenvalue weighted by molar-refractivity contribution is 5.98. The lowest BCUT2D eigenvalue weighted by Crippen LogP contribution is -2.52. The summed E-state index contributed by atoms with van der Waals surface area (Å²) in [6, 6.07) is 12.6. The Kier molecular flexibility index (Phi) is 6.91. The number of amides is 2. The standard InChI is InChI=1S/C27H31N3O4/c1-17(2)25(29-26(31)19-13-20(33-3)15-21(14-19)34-4)27(32)30-11-9-18(10-12-30)23-16-28-24-8-6-5-7-22(23)24/h5-9,13-17,25,28H,10-12H2,1-4H3,(H,29,31). The molecule has 34 heavy (non-hydrogen) atoms. The third-order valence-corrected chi connectivity index (χ3v) is 6.29. The molecule has 2 heterocycles. The van der Waals surface area contributed by atoms with Crippen molar-refractivity contribution < 1.29 is 19.1 Å². The fourth-order valence-electron chi connectivity index (χ4n) is 4.32. The van der Waals surface area contributed by atoms with Gasteiger partial charge in [-0.25, -0.2) is 0 Å². The molecule has 2 aromatic carbocycles. The topological polar surface area (TPSA) is 83.7 Å². The number of carbonyl (C=O) groups excluding carboxylic acids is 2. The Morgan fingerprint density at radius 2 is 1.76 bits per heavy atom. The zero-order chi connectivity index (χ0) is 24.2. The number of aromatic amines is 1. The van der Waals surface area contributed by atoms with Crippen molar-refractivity contribution in [2.24, 2.45) is 5.92 Å². The molecule has 0 aliphatic carbocycles. The van der Waals surface area contributed by atoms with Crippen LogP contribution < -0.4 is 14.8 Å². The summed E-state index contributed by atoms with van der Waals surface area (Å²) in [4.78, 5) is 31.5. The van der Waals surface area contributed by atoms with Crippen molar-refractivity contribution in [3.8, 4) is 11.5 Å². The predicted molar refractivity (Wildman–Crippen MR) is 133 cm³/mol. The number of H-pyrrole nitrogens is 1. The van der Waals surface area contributed by atoms with Crippen molar-refractivity contribution in [1.82, 2.24) is 15.2 Å². The first-order valence-corrected chi connectivity index (χ1v) is 11.5. The van der Waals surface area contributed by atoms with Crippen LogP contribution in [0.4, 0.5) is 0 Å². The molecule has 3 aromatic rings. The number of para-hydroxylation sites is 1. The van der Waals surface area contributed by atoms with Crippen LogP contribution in [0.15, 0.2) is 54.7 Å². The number of aromatic nitrogens is 1. The van der Waals surface area contributed by atoms with E-state index in [1.165, 1.54) is 30.7 Å². The van der Waals surface area contributed by atoms with Crippen molar-refractivity contribution >= 4 is 28.3 Å². The van der Waals surface area contributed by atoms with Gasteiger partial charge in [0, 0.05) is 47.4 Å². The minimum atomic E-state index is -0.632. The molecule has 7 heteroatoms. The minimum Gasteiger partial charge on any atom is -0.497 e. The lowest BCUT2D eigenvalue weighted by Gasteiger charge is -2.32. The van der Waals surface area contributed by atoms with E-state index in [4.69, 9.17) is 9.47 Å². The number of nitrogens with zero attached hydrogens (tertiary/aromatic N) is 1. The molecule has 0 bridgehead atoms. The molecule has 0 radical (unpaired) electrons. The van der Waals surface area contributed by atoms with Gasteiger partial charge < -0.3 is 24.7 Å². The molecule has 0 saturated carbocycles. The summed E-state index contributed by atoms with van der Waals surface area (Å²) in [6.07, 6.45) is 4.91. The average Bonchev–Trinajstić information content (AvgIpc) is 3.30. The number of ether oxygens (including phenoxy) is 2. The molecule has 1 aliphatic heterocycles. The monoisotopic (exact) mass is 461 g/mol. The average molecular weight is 462 g/mol. The summed E-state index contributed by atoms with van der Waals surface area (Å²) in [6.45, 7) is 4.99. The number of benzene rings is 2. The molecule has 178 valence electrons. The molecule has 4 rings (SSSR count). The molecule has 2 amide bonds. The Morgan fingerprint density at radius 3 is 2.38 bits per heavy atom. The second kappa shape index (κ2) is 10.0. The van der Waals surface area contributed by atoms with Gasteiger partial charge in [-0.05, 0) is 36.1 Å². The molecule has 2 N–H and O–H groups in total. The van der Waals surface area contributed by atoms with Gasteiger partial charge in [0.2, 0.25) is 5.91 Å². The lowest BCUT2D eigenvalue weighted by atomic mass is 9.97. The van der Waals surface area contributed by atoms with Crippen LogP contribution >= 0.6 is 0 Å². The van der Waals surface area contributed by atoms with Crippen LogP contribution in [0.3, 0.4) is 0 Å². The summed E-state index contributed by atoms with van der Waals surface area (Å²) in [5, 5.41) is 4.12. The van der Waals surface area contributed by atoms with Gasteiger partial charge in [-0.2, -0.15) is 0 Å². The van der Waals surface area contributed by atoms with E-state index in [0.29, 0.717) is 30.2 Å². The summed E-state index contributed by atoms with van der Waals surface area (Å²) < 4.78 is 10.5. The normalized spacial score (nSPS) is 14.6. The number of carbonyl (C=O) groups is 2. The Bertz CT molecular complexity index is 1210. The highest BCUT2D eigenvalue weighted by Gasteiger charge is 2.30. The van der Waals surface area contributed by atoms with Crippen molar-refractivity contribution in [1.29, 1.82) is 0 Å². The Labute approximate surface area is 199 Å². The highest BCUT2D eigenvalue weighted by Crippen LogP contribution is 2.29. The van der Waals surface area contributed by atoms with E-state index in [1.54, 1.807) is 18.2 Å². The van der Waals surface area contributed by atoms with Crippen molar-refractivity contribution in [2.45, 2.75) is 26.3 Å². The zero-order valence-electron chi connectivity index (χ0n) is 20.1. The van der Waals surface area contributed by atoms with E-state index in [1.807, 2.05) is 37.1 Å². The molecule has 7 nitrogen and oxygen atoms in total. The maximum absolute atomic E-state index is 13.4. The molecule has 0 spiro atoms. The molecular formula is C27H31N3O4. The van der Waals surface area contributed by atoms with Crippen LogP contribution in [-0.2, 0) is 4.79 Å². The van der Waals surface area contributed by atoms with Crippen molar-refractivity contribution in [3.05, 3.63) is 65.9 Å². The van der Waals surface area contributed by atoms with Gasteiger partial charge in [-0.15, -0.1) is 0 Å². The predicted octanol–water partition coefficient (Wildman–Crippen LogP) is 4.26. The SMILES string of the molecule is COc1cc(OC)cc(C(=O)NC(C(=O)N2CC=C(c3c[nH]c4ccccc34)CC2)C(C)C)c1. The van der Waals surface area contributed by atoms with Gasteiger partial charge in [-0.3, -0.25) is 9.59 Å². The Morgan fingerprint density at radius 1 is 1.06 bits per heavy atom. The van der Waals surface area contributed by atoms with Crippen LogP contribution in [0.25, 0.3) is 16.5 Å². The van der Waals surface area contributed by atoms with Gasteiger partial charge >= 0.3 is 0 Å². The second-order valence-electron chi connectivity index (χ2n) is 8.81. The lowest BCUT2D eigenvalue weighted by molar-refractivity contribution is -0.133. The molecule has 1 aromatic heterocycles. The summed E-state index contributed by atoms with van der Waals surface area (Å²) in [5.41, 5.74) is 3.90. The third kappa shape index (κ3) is 4.78. The molecule has 1 atom stereocenters. The van der Waals surface area contributed by atoms with Crippen molar-refractivity contribution in [3.63, 3.8) is 0 Å². The number of nitrogens with one attached hydrogen (secondary N) is 2. The number of hydrogen-bond acceptors (Lipinski definition) is 4. The first-order chi connectivity index (χ1) is 16.4. The number of hydrogen-bond donors (Lipinski definition) is 2. The fraction of sp³-hybridized carbons (Fsp3) is 0.333. The smallest absolute Gasteiger partial charge is 0.252 e. The number of rotatable bonds is 7. The van der Waals surface area contributed by atoms with E-state index in [9.17, 15) is 9.59 Å². The van der Waals surface area contributed by atoms with Gasteiger partial charge in [0.25, 0.3) is 5.91 Å². The van der Waals surface area contributed by atoms with Gasteiger partial charge in [-0.1, -0.05) is 38.1 Å². The second-order valence-corrected chi connectivity index (χ2v) is 8.81. The van der Waals surface area contributed by atoms with E-state index < -0.39 is 6.04 Å². The van der Waals surface area contributed by atoms with E-state index in [0.717, 1.165) is 11.9 Å². The quantitative estimate of drug-likeness (QED) is 0.551. The van der Waals surface area contributed by atoms with Gasteiger partial charge in [0.05, 0.1) is 14.2 Å². The summed E-state index contributed by atoms with van der Waals surface area (Å²) in [5.74, 6) is 0.553. The third-order valence-electron chi connectivity index (χ3n) is 6.29. The van der Waals surface area contributed by atoms with Crippen LogP contribution in [0.1, 0.15) is 36.2 Å². The van der Waals surface area contributed by atoms with Gasteiger partial charge in [0.15, 0.2) is 0 Å². The fourth-order valence-corrected chi connectivity index (χ4v) is 4.32. The van der Waals surface area contributed by atoms with E-state index in [-0.39, 0.29) is 17.7 Å². The Balaban J connectivity index is 1.48. The largest absolute Gasteiger partial charge is 0.497 e. The summed E-state index contributed by atoms with van der Waals surface area (Å²) in [7, 11) is 3.07. The maximum Gasteiger partial charge on any atom is 0.252 e. The van der Waals surface area contributed by atoms with Crippen LogP contribution in [0.2, 0.25) is 0 Å². The number of fused-ring (bicyclic) bond motifs is 1. The van der Waals surface area contributed by atoms with E-state index in [2.05, 4.69) is 28.5 Å². The van der Waals surface area contributed by atoms with Crippen LogP contribution in [-0.4, -0.2) is 55.0 Å². The van der Waals surface area contributed by atoms with Crippen LogP contribution in [0, 0.1) is 5.92 Å². The highest BCUT2D eigenvalue weighted by atomic mass is 16.5. The van der Waals surface area contributed by atoms with E-state index >= 15 is 0 Å². The molecule has 0 saturated heterocycles.